The summed E-state index contributed by atoms with van der Waals surface area (Å²) in [6.45, 7) is 9.88. The lowest BCUT2D eigenvalue weighted by molar-refractivity contribution is 0.0976. The first-order chi connectivity index (χ1) is 15.3. The largest absolute Gasteiger partial charge is 0.324 e. The van der Waals surface area contributed by atoms with Gasteiger partial charge in [0.15, 0.2) is 5.65 Å². The SMILES string of the molecule is CC(C)CN1CCN(C(=O)N2CCC(n3c(=O)c(=O)n(C)c4cc(Cl)cnc43)CC2)CC1. The Labute approximate surface area is 192 Å². The molecular formula is C22H31ClN6O3. The van der Waals surface area contributed by atoms with E-state index in [1.807, 2.05) is 9.80 Å². The van der Waals surface area contributed by atoms with E-state index in [1.54, 1.807) is 13.1 Å². The molecule has 0 N–H and O–H groups in total. The minimum atomic E-state index is -0.598. The van der Waals surface area contributed by atoms with Gasteiger partial charge in [-0.3, -0.25) is 19.1 Å². The summed E-state index contributed by atoms with van der Waals surface area (Å²) in [5, 5.41) is 0.409. The maximum atomic E-state index is 13.0. The Morgan fingerprint density at radius 3 is 2.31 bits per heavy atom. The smallest absolute Gasteiger partial charge is 0.320 e. The number of carbonyl (C=O) groups excluding carboxylic acids is 1. The lowest BCUT2D eigenvalue weighted by Gasteiger charge is -2.40. The van der Waals surface area contributed by atoms with Gasteiger partial charge in [0.2, 0.25) is 0 Å². The molecule has 2 amide bonds. The van der Waals surface area contributed by atoms with Gasteiger partial charge in [-0.05, 0) is 24.8 Å². The molecule has 174 valence electrons. The van der Waals surface area contributed by atoms with Gasteiger partial charge in [0, 0.05) is 65.1 Å². The number of nitrogens with zero attached hydrogens (tertiary/aromatic N) is 6. The number of urea groups is 1. The second-order valence-electron chi connectivity index (χ2n) is 9.22. The lowest BCUT2D eigenvalue weighted by atomic mass is 10.0. The Bertz CT molecular complexity index is 1110. The first-order valence-electron chi connectivity index (χ1n) is 11.3. The number of fused-ring (bicyclic) bond motifs is 1. The molecule has 4 heterocycles. The molecule has 0 atom stereocenters. The van der Waals surface area contributed by atoms with Crippen molar-refractivity contribution in [1.29, 1.82) is 0 Å². The van der Waals surface area contributed by atoms with Crippen molar-refractivity contribution >= 4 is 28.8 Å². The van der Waals surface area contributed by atoms with E-state index < -0.39 is 11.1 Å². The molecule has 32 heavy (non-hydrogen) atoms. The predicted octanol–water partition coefficient (Wildman–Crippen LogP) is 1.78. The molecule has 2 fully saturated rings. The van der Waals surface area contributed by atoms with Crippen molar-refractivity contribution in [2.24, 2.45) is 13.0 Å². The summed E-state index contributed by atoms with van der Waals surface area (Å²) in [5.74, 6) is 0.621. The fraction of sp³-hybridized carbons (Fsp3) is 0.636. The number of hydrogen-bond donors (Lipinski definition) is 0. The molecule has 0 unspecified atom stereocenters. The normalized spacial score (nSPS) is 18.7. The average molecular weight is 463 g/mol. The standard InChI is InChI=1S/C22H31ClN6O3/c1-15(2)14-26-8-10-28(11-9-26)22(32)27-6-4-17(5-7-27)29-19-18(12-16(23)13-24-19)25(3)20(30)21(29)31/h12-13,15,17H,4-11,14H2,1-3H3. The molecule has 0 aliphatic carbocycles. The van der Waals surface area contributed by atoms with Gasteiger partial charge in [-0.25, -0.2) is 9.78 Å². The molecular weight excluding hydrogens is 432 g/mol. The third kappa shape index (κ3) is 4.41. The van der Waals surface area contributed by atoms with E-state index in [0.717, 1.165) is 32.7 Å². The van der Waals surface area contributed by atoms with E-state index in [2.05, 4.69) is 23.7 Å². The number of carbonyl (C=O) groups is 1. The van der Waals surface area contributed by atoms with E-state index in [4.69, 9.17) is 11.6 Å². The molecule has 0 bridgehead atoms. The van der Waals surface area contributed by atoms with Gasteiger partial charge in [-0.1, -0.05) is 25.4 Å². The highest BCUT2D eigenvalue weighted by molar-refractivity contribution is 6.31. The molecule has 4 rings (SSSR count). The number of rotatable bonds is 3. The number of pyridine rings is 1. The van der Waals surface area contributed by atoms with Crippen LogP contribution in [-0.4, -0.2) is 80.7 Å². The van der Waals surface area contributed by atoms with Crippen LogP contribution in [-0.2, 0) is 7.05 Å². The number of aromatic nitrogens is 3. The zero-order valence-corrected chi connectivity index (χ0v) is 19.7. The minimum absolute atomic E-state index is 0.0683. The molecule has 2 aromatic rings. The number of piperazine rings is 1. The molecule has 2 aliphatic heterocycles. The zero-order valence-electron chi connectivity index (χ0n) is 19.0. The van der Waals surface area contributed by atoms with E-state index >= 15 is 0 Å². The summed E-state index contributed by atoms with van der Waals surface area (Å²) in [6, 6.07) is 1.54. The van der Waals surface area contributed by atoms with Gasteiger partial charge in [-0.2, -0.15) is 0 Å². The maximum absolute atomic E-state index is 13.0. The van der Waals surface area contributed by atoms with Gasteiger partial charge in [0.1, 0.15) is 0 Å². The third-order valence-electron chi connectivity index (χ3n) is 6.48. The van der Waals surface area contributed by atoms with E-state index in [9.17, 15) is 14.4 Å². The second-order valence-corrected chi connectivity index (χ2v) is 9.65. The van der Waals surface area contributed by atoms with Crippen LogP contribution in [0.15, 0.2) is 21.9 Å². The highest BCUT2D eigenvalue weighted by Crippen LogP contribution is 2.25. The van der Waals surface area contributed by atoms with Crippen molar-refractivity contribution in [2.75, 3.05) is 45.8 Å². The predicted molar refractivity (Wildman–Crippen MR) is 124 cm³/mol. The Hall–Kier alpha value is -2.39. The first-order valence-corrected chi connectivity index (χ1v) is 11.7. The van der Waals surface area contributed by atoms with Crippen molar-refractivity contribution in [1.82, 2.24) is 28.8 Å². The van der Waals surface area contributed by atoms with Crippen molar-refractivity contribution in [2.45, 2.75) is 32.7 Å². The van der Waals surface area contributed by atoms with Gasteiger partial charge < -0.3 is 14.4 Å². The molecule has 10 heteroatoms. The zero-order chi connectivity index (χ0) is 23.0. The summed E-state index contributed by atoms with van der Waals surface area (Å²) in [7, 11) is 1.55. The van der Waals surface area contributed by atoms with Gasteiger partial charge in [-0.15, -0.1) is 0 Å². The topological polar surface area (TPSA) is 83.7 Å². The number of piperidine rings is 1. The van der Waals surface area contributed by atoms with E-state index in [1.165, 1.54) is 15.3 Å². The van der Waals surface area contributed by atoms with Crippen LogP contribution in [0.1, 0.15) is 32.7 Å². The van der Waals surface area contributed by atoms with Crippen LogP contribution in [0.2, 0.25) is 5.02 Å². The van der Waals surface area contributed by atoms with Gasteiger partial charge in [0.25, 0.3) is 0 Å². The first kappa shape index (κ1) is 22.8. The number of hydrogen-bond acceptors (Lipinski definition) is 5. The summed E-state index contributed by atoms with van der Waals surface area (Å²) in [4.78, 5) is 48.9. The number of halogens is 1. The van der Waals surface area contributed by atoms with Crippen molar-refractivity contribution < 1.29 is 4.79 Å². The van der Waals surface area contributed by atoms with Crippen LogP contribution < -0.4 is 11.1 Å². The Kier molecular flexibility index (Phi) is 6.57. The van der Waals surface area contributed by atoms with Gasteiger partial charge >= 0.3 is 17.1 Å². The number of aryl methyl sites for hydroxylation is 1. The Morgan fingerprint density at radius 2 is 1.69 bits per heavy atom. The van der Waals surface area contributed by atoms with E-state index in [-0.39, 0.29) is 12.1 Å². The van der Waals surface area contributed by atoms with Crippen molar-refractivity contribution in [3.63, 3.8) is 0 Å². The van der Waals surface area contributed by atoms with E-state index in [0.29, 0.717) is 48.0 Å². The molecule has 0 aromatic carbocycles. The highest BCUT2D eigenvalue weighted by atomic mass is 35.5. The molecule has 2 aliphatic rings. The molecule has 0 spiro atoms. The van der Waals surface area contributed by atoms with Crippen LogP contribution in [0.4, 0.5) is 4.79 Å². The van der Waals surface area contributed by atoms with Crippen LogP contribution in [0.25, 0.3) is 11.2 Å². The summed E-state index contributed by atoms with van der Waals surface area (Å²) >= 11 is 6.07. The van der Waals surface area contributed by atoms with Crippen molar-refractivity contribution in [3.8, 4) is 0 Å². The van der Waals surface area contributed by atoms with Gasteiger partial charge in [0.05, 0.1) is 10.5 Å². The van der Waals surface area contributed by atoms with Crippen LogP contribution >= 0.6 is 11.6 Å². The maximum Gasteiger partial charge on any atom is 0.320 e. The van der Waals surface area contributed by atoms with Crippen LogP contribution in [0, 0.1) is 5.92 Å². The quantitative estimate of drug-likeness (QED) is 0.649. The lowest BCUT2D eigenvalue weighted by Crippen LogP contribution is -2.54. The Balaban J connectivity index is 1.46. The highest BCUT2D eigenvalue weighted by Gasteiger charge is 2.30. The summed E-state index contributed by atoms with van der Waals surface area (Å²) in [5.41, 5.74) is -0.201. The Morgan fingerprint density at radius 1 is 1.06 bits per heavy atom. The monoisotopic (exact) mass is 462 g/mol. The van der Waals surface area contributed by atoms with Crippen LogP contribution in [0.3, 0.4) is 0 Å². The molecule has 2 saturated heterocycles. The summed E-state index contributed by atoms with van der Waals surface area (Å²) < 4.78 is 2.80. The van der Waals surface area contributed by atoms with Crippen LogP contribution in [0.5, 0.6) is 0 Å². The minimum Gasteiger partial charge on any atom is -0.324 e. The summed E-state index contributed by atoms with van der Waals surface area (Å²) in [6.07, 6.45) is 2.69. The molecule has 9 nitrogen and oxygen atoms in total. The third-order valence-corrected chi connectivity index (χ3v) is 6.68. The average Bonchev–Trinajstić information content (AvgIpc) is 2.78. The van der Waals surface area contributed by atoms with Crippen molar-refractivity contribution in [3.05, 3.63) is 38.0 Å². The fourth-order valence-electron chi connectivity index (χ4n) is 4.80. The number of likely N-dealkylation sites (tertiary alicyclic amines) is 1. The fourth-order valence-corrected chi connectivity index (χ4v) is 4.95. The molecule has 0 saturated carbocycles. The molecule has 2 aromatic heterocycles. The molecule has 0 radical (unpaired) electrons. The second kappa shape index (κ2) is 9.23. The number of amides is 2.